The van der Waals surface area contributed by atoms with Gasteiger partial charge in [0.1, 0.15) is 11.0 Å². The van der Waals surface area contributed by atoms with Crippen molar-refractivity contribution >= 4 is 95.3 Å². The van der Waals surface area contributed by atoms with Gasteiger partial charge in [-0.05, 0) is 72.8 Å². The summed E-state index contributed by atoms with van der Waals surface area (Å²) in [6.07, 6.45) is 0. The average molecular weight is 794 g/mol. The molecule has 0 fully saturated rings. The molecule has 0 spiro atoms. The average Bonchev–Trinajstić information content (AvgIpc) is 3.15. The van der Waals surface area contributed by atoms with Gasteiger partial charge >= 0.3 is 16.5 Å². The third-order valence-electron chi connectivity index (χ3n) is 6.74. The molecule has 0 saturated carbocycles. The predicted octanol–water partition coefficient (Wildman–Crippen LogP) is 10.5. The number of hydrogen-bond donors (Lipinski definition) is 0. The van der Waals surface area contributed by atoms with Crippen LogP contribution < -0.4 is 21.2 Å². The van der Waals surface area contributed by atoms with Crippen LogP contribution in [0.5, 0.6) is 0 Å². The van der Waals surface area contributed by atoms with E-state index in [9.17, 15) is 0 Å². The van der Waals surface area contributed by atoms with E-state index in [1.54, 1.807) is 0 Å². The molecule has 0 atom stereocenters. The molecule has 0 aromatic heterocycles. The molecule has 248 valence electrons. The Kier molecular flexibility index (Phi) is 23.0. The molecule has 6 aromatic carbocycles. The molecule has 0 aliphatic rings. The maximum absolute atomic E-state index is 7.13. The Bertz CT molecular complexity index is 1550. The summed E-state index contributed by atoms with van der Waals surface area (Å²) in [6, 6.07) is 65.1. The normalized spacial score (nSPS) is 9.51. The van der Waals surface area contributed by atoms with Gasteiger partial charge in [0.05, 0.1) is 37.1 Å². The fourth-order valence-electron chi connectivity index (χ4n) is 4.57. The van der Waals surface area contributed by atoms with Crippen LogP contribution in [-0.4, -0.2) is 21.3 Å². The van der Waals surface area contributed by atoms with Gasteiger partial charge in [0.15, 0.2) is 0 Å². The summed E-state index contributed by atoms with van der Waals surface area (Å²) in [7, 11) is -1.47. The van der Waals surface area contributed by atoms with Gasteiger partial charge < -0.3 is 10.8 Å². The van der Waals surface area contributed by atoms with E-state index < -0.39 is 15.8 Å². The zero-order valence-corrected chi connectivity index (χ0v) is 32.8. The second-order valence-corrected chi connectivity index (χ2v) is 18.2. The van der Waals surface area contributed by atoms with E-state index in [1.165, 1.54) is 41.3 Å². The molecule has 0 heterocycles. The Labute approximate surface area is 323 Å². The molecular weight excluding hydrogens is 757 g/mol. The molecule has 0 saturated heterocycles. The van der Waals surface area contributed by atoms with Crippen molar-refractivity contribution in [2.45, 2.75) is 9.79 Å². The fraction of sp³-hybridized carbons (Fsp3) is 0.0500. The van der Waals surface area contributed by atoms with Crippen molar-refractivity contribution in [2.24, 2.45) is 0 Å². The quantitative estimate of drug-likeness (QED) is 0.0456. The van der Waals surface area contributed by atoms with Crippen molar-refractivity contribution in [2.75, 3.05) is 11.0 Å². The minimum absolute atomic E-state index is 0. The summed E-state index contributed by atoms with van der Waals surface area (Å²) in [5, 5.41) is 22.9. The topological polar surface area (TPSA) is 44.6 Å². The van der Waals surface area contributed by atoms with Gasteiger partial charge in [0.2, 0.25) is 0 Å². The minimum atomic E-state index is -0.734. The first kappa shape index (κ1) is 42.1. The van der Waals surface area contributed by atoms with Crippen LogP contribution in [0.3, 0.4) is 0 Å². The van der Waals surface area contributed by atoms with Crippen molar-refractivity contribution in [3.8, 4) is 0 Å². The number of nitrogens with zero attached hydrogens (tertiary/aromatic N) is 2. The maximum Gasteiger partial charge on any atom is 2.00 e. The first-order valence-electron chi connectivity index (χ1n) is 15.0. The monoisotopic (exact) mass is 792 g/mol. The van der Waals surface area contributed by atoms with E-state index in [1.807, 2.05) is 23.5 Å². The second-order valence-electron chi connectivity index (χ2n) is 9.81. The van der Waals surface area contributed by atoms with Gasteiger partial charge in [-0.3, -0.25) is 0 Å². The van der Waals surface area contributed by atoms with Gasteiger partial charge in [-0.2, -0.15) is 10.3 Å². The van der Waals surface area contributed by atoms with Crippen LogP contribution >= 0.6 is 63.8 Å². The summed E-state index contributed by atoms with van der Waals surface area (Å²) < 4.78 is 0. The summed E-state index contributed by atoms with van der Waals surface area (Å²) >= 11 is 11.3. The molecule has 0 amide bonds. The van der Waals surface area contributed by atoms with Crippen LogP contribution in [0.4, 0.5) is 0 Å². The van der Waals surface area contributed by atoms with Crippen molar-refractivity contribution in [3.63, 3.8) is 0 Å². The first-order valence-corrected chi connectivity index (χ1v) is 21.2. The first-order chi connectivity index (χ1) is 23.7. The second kappa shape index (κ2) is 26.8. The van der Waals surface area contributed by atoms with Gasteiger partial charge in [-0.1, -0.05) is 157 Å². The molecule has 6 rings (SSSR count). The van der Waals surface area contributed by atoms with E-state index in [0.29, 0.717) is 0 Å². The third-order valence-corrected chi connectivity index (χ3v) is 15.5. The predicted molar refractivity (Wildman–Crippen MR) is 227 cm³/mol. The molecule has 6 aromatic rings. The third kappa shape index (κ3) is 16.5. The van der Waals surface area contributed by atoms with Gasteiger partial charge in [-0.25, -0.2) is 0 Å². The van der Waals surface area contributed by atoms with E-state index in [-0.39, 0.29) is 16.5 Å². The van der Waals surface area contributed by atoms with Crippen LogP contribution in [0.1, 0.15) is 0 Å². The molecule has 0 radical (unpaired) electrons. The SMILES string of the molecule is [N-]=C=S.[N-]=C=S.[Ni+2].c1ccc(SC[PH+](c2ccccc2)c2ccccc2)cc1.c1ccc(SC[PH+](c2ccccc2)c2ccccc2)cc1. The number of thioether (sulfide) groups is 2. The molecule has 49 heavy (non-hydrogen) atoms. The van der Waals surface area contributed by atoms with Crippen molar-refractivity contribution < 1.29 is 16.5 Å². The molecule has 0 aliphatic carbocycles. The zero-order chi connectivity index (χ0) is 34.1. The van der Waals surface area contributed by atoms with Gasteiger partial charge in [0.25, 0.3) is 0 Å². The van der Waals surface area contributed by atoms with Crippen molar-refractivity contribution in [1.29, 1.82) is 0 Å². The van der Waals surface area contributed by atoms with Crippen LogP contribution in [0, 0.1) is 0 Å². The zero-order valence-electron chi connectivity index (χ0n) is 26.6. The number of benzene rings is 6. The van der Waals surface area contributed by atoms with E-state index in [4.69, 9.17) is 10.8 Å². The van der Waals surface area contributed by atoms with Crippen LogP contribution in [0.2, 0.25) is 0 Å². The fourth-order valence-corrected chi connectivity index (χ4v) is 13.5. The number of thiocarbonyl (C=S) groups is 2. The molecule has 0 bridgehead atoms. The minimum Gasteiger partial charge on any atom is -0.753 e. The van der Waals surface area contributed by atoms with Crippen molar-refractivity contribution in [1.82, 2.24) is 0 Å². The van der Waals surface area contributed by atoms with E-state index >= 15 is 0 Å². The standard InChI is InChI=1S/2C19H17PS.2CNS.Ni/c2*1-4-10-17(11-5-1)20(18-12-6-2-7-13-18)16-21-19-14-8-3-9-15-19;2*2-1-3;/h2*1-15H,16H2;;;/q;;2*-1;+2/p+2. The molecule has 2 nitrogen and oxygen atoms in total. The molecular formula is C40H36N2NiP2S4+2. The number of isothiocyanates is 2. The molecule has 0 aliphatic heterocycles. The Morgan fingerprint density at radius 2 is 0.571 bits per heavy atom. The summed E-state index contributed by atoms with van der Waals surface area (Å²) in [5.74, 6) is 0. The summed E-state index contributed by atoms with van der Waals surface area (Å²) in [4.78, 5) is 2.71. The van der Waals surface area contributed by atoms with E-state index in [0.717, 1.165) is 11.0 Å². The summed E-state index contributed by atoms with van der Waals surface area (Å²) in [6.45, 7) is 0. The van der Waals surface area contributed by atoms with E-state index in [2.05, 4.69) is 206 Å². The van der Waals surface area contributed by atoms with Crippen molar-refractivity contribution in [3.05, 3.63) is 193 Å². The molecule has 0 unspecified atom stereocenters. The smallest absolute Gasteiger partial charge is 0.753 e. The number of rotatable bonds is 10. The maximum atomic E-state index is 7.13. The Morgan fingerprint density at radius 1 is 0.388 bits per heavy atom. The van der Waals surface area contributed by atoms with Crippen LogP contribution in [0.15, 0.2) is 192 Å². The Hall–Kier alpha value is -3.03. The molecule has 0 N–H and O–H groups in total. The Balaban J connectivity index is 0.000000288. The Morgan fingerprint density at radius 3 is 0.776 bits per heavy atom. The van der Waals surface area contributed by atoms with Gasteiger partial charge in [-0.15, -0.1) is 0 Å². The summed E-state index contributed by atoms with van der Waals surface area (Å²) in [5.41, 5.74) is 2.31. The number of hydrogen-bond acceptors (Lipinski definition) is 4. The largest absolute Gasteiger partial charge is 2.00 e. The van der Waals surface area contributed by atoms with Gasteiger partial charge in [0, 0.05) is 9.79 Å². The van der Waals surface area contributed by atoms with Crippen LogP contribution in [0.25, 0.3) is 10.8 Å². The van der Waals surface area contributed by atoms with Crippen LogP contribution in [-0.2, 0) is 16.5 Å². The molecule has 9 heteroatoms.